The second kappa shape index (κ2) is 7.59. The van der Waals surface area contributed by atoms with Gasteiger partial charge in [-0.1, -0.05) is 30.3 Å². The van der Waals surface area contributed by atoms with Crippen molar-refractivity contribution in [2.45, 2.75) is 32.4 Å². The molecular weight excluding hydrogens is 354 g/mol. The molecule has 1 unspecified atom stereocenters. The molecule has 28 heavy (non-hydrogen) atoms. The maximum absolute atomic E-state index is 12.2. The first-order valence-electron chi connectivity index (χ1n) is 9.65. The van der Waals surface area contributed by atoms with Crippen molar-refractivity contribution < 1.29 is 9.90 Å². The van der Waals surface area contributed by atoms with Gasteiger partial charge >= 0.3 is 0 Å². The molecule has 1 saturated heterocycles. The smallest absolute Gasteiger partial charge is 0.255 e. The maximum atomic E-state index is 12.2. The highest BCUT2D eigenvalue weighted by atomic mass is 16.3. The number of hydrogen-bond donors (Lipinski definition) is 1. The number of aromatic nitrogens is 3. The van der Waals surface area contributed by atoms with Gasteiger partial charge in [-0.15, -0.1) is 0 Å². The lowest BCUT2D eigenvalue weighted by atomic mass is 10.2. The molecule has 1 atom stereocenters. The Morgan fingerprint density at radius 1 is 1.25 bits per heavy atom. The van der Waals surface area contributed by atoms with Crippen LogP contribution in [0.3, 0.4) is 0 Å². The zero-order valence-electron chi connectivity index (χ0n) is 16.2. The van der Waals surface area contributed by atoms with Gasteiger partial charge in [-0.2, -0.15) is 4.98 Å². The number of pyridine rings is 1. The minimum Gasteiger partial charge on any atom is -0.384 e. The van der Waals surface area contributed by atoms with Crippen molar-refractivity contribution in [1.29, 1.82) is 0 Å². The number of hydrogen-bond acceptors (Lipinski definition) is 5. The number of aliphatic hydroxyl groups is 1. The summed E-state index contributed by atoms with van der Waals surface area (Å²) >= 11 is 0. The average molecular weight is 379 g/mol. The Hall–Kier alpha value is -2.93. The Bertz CT molecular complexity index is 977. The van der Waals surface area contributed by atoms with E-state index in [1.54, 1.807) is 13.2 Å². The number of likely N-dealkylation sites (N-methyl/N-ethyl adjacent to an activating group) is 1. The fourth-order valence-electron chi connectivity index (χ4n) is 3.65. The lowest BCUT2D eigenvalue weighted by Gasteiger charge is -2.20. The number of fused-ring (bicyclic) bond motifs is 1. The molecule has 1 aromatic carbocycles. The largest absolute Gasteiger partial charge is 0.384 e. The first-order valence-corrected chi connectivity index (χ1v) is 9.65. The first kappa shape index (κ1) is 18.4. The van der Waals surface area contributed by atoms with E-state index < -0.39 is 6.10 Å². The SMILES string of the molecule is CC(O)C(=O)N(C)c1cnc2nc(N3CCCC3)n(Cc3ccccc3)c2c1. The van der Waals surface area contributed by atoms with Crippen LogP contribution in [0.1, 0.15) is 25.3 Å². The summed E-state index contributed by atoms with van der Waals surface area (Å²) in [6.07, 6.45) is 2.91. The van der Waals surface area contributed by atoms with Crippen LogP contribution in [0.5, 0.6) is 0 Å². The topological polar surface area (TPSA) is 74.5 Å². The molecule has 1 fully saturated rings. The predicted molar refractivity (Wildman–Crippen MR) is 110 cm³/mol. The normalized spacial score (nSPS) is 15.2. The Morgan fingerprint density at radius 3 is 2.64 bits per heavy atom. The number of amides is 1. The Kier molecular flexibility index (Phi) is 5.00. The Labute approximate surface area is 164 Å². The molecule has 2 aromatic heterocycles. The third kappa shape index (κ3) is 3.45. The lowest BCUT2D eigenvalue weighted by Crippen LogP contribution is -2.34. The van der Waals surface area contributed by atoms with Crippen LogP contribution in [0.2, 0.25) is 0 Å². The van der Waals surface area contributed by atoms with Crippen molar-refractivity contribution in [3.05, 3.63) is 48.2 Å². The Morgan fingerprint density at radius 2 is 1.96 bits per heavy atom. The van der Waals surface area contributed by atoms with Gasteiger partial charge < -0.3 is 19.5 Å². The molecule has 0 aliphatic carbocycles. The second-order valence-corrected chi connectivity index (χ2v) is 7.29. The molecule has 1 amide bonds. The third-order valence-corrected chi connectivity index (χ3v) is 5.22. The van der Waals surface area contributed by atoms with E-state index in [9.17, 15) is 9.90 Å². The molecular formula is C21H25N5O2. The molecule has 146 valence electrons. The molecule has 0 saturated carbocycles. The monoisotopic (exact) mass is 379 g/mol. The van der Waals surface area contributed by atoms with Crippen LogP contribution in [-0.2, 0) is 11.3 Å². The van der Waals surface area contributed by atoms with Crippen LogP contribution >= 0.6 is 0 Å². The summed E-state index contributed by atoms with van der Waals surface area (Å²) in [5, 5.41) is 9.63. The summed E-state index contributed by atoms with van der Waals surface area (Å²) < 4.78 is 2.17. The number of anilines is 2. The van der Waals surface area contributed by atoms with Gasteiger partial charge in [0.15, 0.2) is 5.65 Å². The summed E-state index contributed by atoms with van der Waals surface area (Å²) in [5.74, 6) is 0.556. The minimum absolute atomic E-state index is 0.366. The molecule has 0 spiro atoms. The van der Waals surface area contributed by atoms with Crippen LogP contribution in [-0.4, -0.2) is 51.8 Å². The van der Waals surface area contributed by atoms with E-state index in [-0.39, 0.29) is 5.91 Å². The van der Waals surface area contributed by atoms with E-state index >= 15 is 0 Å². The third-order valence-electron chi connectivity index (χ3n) is 5.22. The Balaban J connectivity index is 1.80. The summed E-state index contributed by atoms with van der Waals surface area (Å²) in [6.45, 7) is 4.13. The second-order valence-electron chi connectivity index (χ2n) is 7.29. The molecule has 4 rings (SSSR count). The summed E-state index contributed by atoms with van der Waals surface area (Å²) in [6, 6.07) is 12.2. The number of rotatable bonds is 5. The van der Waals surface area contributed by atoms with Crippen molar-refractivity contribution in [1.82, 2.24) is 14.5 Å². The standard InChI is InChI=1S/C21H25N5O2/c1-15(27)20(28)24(2)17-12-18-19(22-13-17)23-21(25-10-6-7-11-25)26(18)14-16-8-4-3-5-9-16/h3-5,8-9,12-13,15,27H,6-7,10-11,14H2,1-2H3. The average Bonchev–Trinajstić information content (AvgIpc) is 3.35. The van der Waals surface area contributed by atoms with Crippen molar-refractivity contribution in [2.24, 2.45) is 0 Å². The number of carbonyl (C=O) groups is 1. The lowest BCUT2D eigenvalue weighted by molar-refractivity contribution is -0.125. The zero-order valence-corrected chi connectivity index (χ0v) is 16.2. The van der Waals surface area contributed by atoms with E-state index in [0.29, 0.717) is 17.9 Å². The van der Waals surface area contributed by atoms with E-state index in [1.165, 1.54) is 30.2 Å². The van der Waals surface area contributed by atoms with Gasteiger partial charge in [0, 0.05) is 20.1 Å². The van der Waals surface area contributed by atoms with Crippen molar-refractivity contribution in [3.8, 4) is 0 Å². The fourth-order valence-corrected chi connectivity index (χ4v) is 3.65. The highest BCUT2D eigenvalue weighted by Gasteiger charge is 2.23. The molecule has 1 aliphatic rings. The van der Waals surface area contributed by atoms with Crippen LogP contribution in [0.4, 0.5) is 11.6 Å². The van der Waals surface area contributed by atoms with Gasteiger partial charge in [-0.05, 0) is 31.4 Å². The first-order chi connectivity index (χ1) is 13.5. The molecule has 0 bridgehead atoms. The molecule has 7 nitrogen and oxygen atoms in total. The van der Waals surface area contributed by atoms with Crippen molar-refractivity contribution in [2.75, 3.05) is 29.9 Å². The van der Waals surface area contributed by atoms with E-state index in [1.807, 2.05) is 24.3 Å². The molecule has 3 heterocycles. The van der Waals surface area contributed by atoms with Crippen LogP contribution in [0, 0.1) is 0 Å². The van der Waals surface area contributed by atoms with Gasteiger partial charge in [0.05, 0.1) is 23.9 Å². The highest BCUT2D eigenvalue weighted by molar-refractivity contribution is 5.96. The van der Waals surface area contributed by atoms with E-state index in [2.05, 4.69) is 26.6 Å². The summed E-state index contributed by atoms with van der Waals surface area (Å²) in [7, 11) is 1.65. The number of benzene rings is 1. The molecule has 1 N–H and O–H groups in total. The van der Waals surface area contributed by atoms with Crippen molar-refractivity contribution in [3.63, 3.8) is 0 Å². The molecule has 3 aromatic rings. The highest BCUT2D eigenvalue weighted by Crippen LogP contribution is 2.28. The number of nitrogens with zero attached hydrogens (tertiary/aromatic N) is 5. The van der Waals surface area contributed by atoms with Crippen LogP contribution in [0.15, 0.2) is 42.6 Å². The number of carbonyl (C=O) groups excluding carboxylic acids is 1. The quantitative estimate of drug-likeness (QED) is 0.737. The minimum atomic E-state index is -1.06. The number of aliphatic hydroxyl groups excluding tert-OH is 1. The maximum Gasteiger partial charge on any atom is 0.255 e. The van der Waals surface area contributed by atoms with Crippen molar-refractivity contribution >= 4 is 28.7 Å². The summed E-state index contributed by atoms with van der Waals surface area (Å²) in [5.41, 5.74) is 3.37. The zero-order chi connectivity index (χ0) is 19.7. The number of imidazole rings is 1. The van der Waals surface area contributed by atoms with Gasteiger partial charge in [-0.25, -0.2) is 4.98 Å². The van der Waals surface area contributed by atoms with Crippen LogP contribution < -0.4 is 9.80 Å². The van der Waals surface area contributed by atoms with Gasteiger partial charge in [0.2, 0.25) is 5.95 Å². The molecule has 7 heteroatoms. The van der Waals surface area contributed by atoms with Gasteiger partial charge in [-0.3, -0.25) is 4.79 Å². The molecule has 0 radical (unpaired) electrons. The van der Waals surface area contributed by atoms with E-state index in [4.69, 9.17) is 4.98 Å². The fraction of sp³-hybridized carbons (Fsp3) is 0.381. The summed E-state index contributed by atoms with van der Waals surface area (Å²) in [4.78, 5) is 25.2. The predicted octanol–water partition coefficient (Wildman–Crippen LogP) is 2.42. The molecule has 1 aliphatic heterocycles. The van der Waals surface area contributed by atoms with E-state index in [0.717, 1.165) is 24.6 Å². The van der Waals surface area contributed by atoms with Crippen LogP contribution in [0.25, 0.3) is 11.2 Å². The van der Waals surface area contributed by atoms with Gasteiger partial charge in [0.1, 0.15) is 6.10 Å². The van der Waals surface area contributed by atoms with Gasteiger partial charge in [0.25, 0.3) is 5.91 Å².